The number of aromatic hydroxyl groups is 1. The molecule has 0 spiro atoms. The predicted molar refractivity (Wildman–Crippen MR) is 105 cm³/mol. The second-order valence-electron chi connectivity index (χ2n) is 7.37. The molecule has 0 bridgehead atoms. The van der Waals surface area contributed by atoms with Gasteiger partial charge in [0.15, 0.2) is 5.97 Å². The number of phenolic OH excluding ortho intramolecular Hbond substituents is 1. The summed E-state index contributed by atoms with van der Waals surface area (Å²) >= 11 is 3.49. The highest BCUT2D eigenvalue weighted by molar-refractivity contribution is 9.10. The average Bonchev–Trinajstić information content (AvgIpc) is 2.66. The zero-order valence-corrected chi connectivity index (χ0v) is 17.7. The molecule has 0 saturated carbocycles. The quantitative estimate of drug-likeness (QED) is 0.487. The maximum absolute atomic E-state index is 9.99. The standard InChI is InChI=1S/C17H26BrN3O.C2H2O4/c1-19-8-10-21(11-9-19)16-4-6-20(7-5-16)13-14-12-15(18)2-3-17(14)22;3-1(4)2(5)6/h2-3,12,16,22H,4-11,13H2,1H3;(H,3,4)(H,5,6). The zero-order valence-electron chi connectivity index (χ0n) is 16.1. The average molecular weight is 458 g/mol. The fraction of sp³-hybridized carbons (Fsp3) is 0.579. The van der Waals surface area contributed by atoms with Gasteiger partial charge < -0.3 is 25.0 Å². The van der Waals surface area contributed by atoms with E-state index in [1.807, 2.05) is 12.1 Å². The van der Waals surface area contributed by atoms with Gasteiger partial charge in [-0.3, -0.25) is 9.80 Å². The lowest BCUT2D eigenvalue weighted by Crippen LogP contribution is -3.12. The van der Waals surface area contributed by atoms with Crippen LogP contribution in [0.5, 0.6) is 5.75 Å². The minimum atomic E-state index is -2.07. The van der Waals surface area contributed by atoms with Crippen LogP contribution in [0.1, 0.15) is 18.4 Å². The van der Waals surface area contributed by atoms with Crippen molar-refractivity contribution in [2.24, 2.45) is 0 Å². The van der Waals surface area contributed by atoms with Gasteiger partial charge in [0.2, 0.25) is 0 Å². The molecule has 8 nitrogen and oxygen atoms in total. The second kappa shape index (κ2) is 10.8. The van der Waals surface area contributed by atoms with E-state index < -0.39 is 11.9 Å². The van der Waals surface area contributed by atoms with Crippen molar-refractivity contribution in [2.45, 2.75) is 25.4 Å². The van der Waals surface area contributed by atoms with Crippen LogP contribution in [-0.2, 0) is 16.1 Å². The minimum Gasteiger partial charge on any atom is -0.539 e. The van der Waals surface area contributed by atoms with E-state index in [1.54, 1.807) is 11.0 Å². The highest BCUT2D eigenvalue weighted by atomic mass is 79.9. The van der Waals surface area contributed by atoms with Crippen molar-refractivity contribution in [2.75, 3.05) is 46.3 Å². The molecule has 0 aliphatic carbocycles. The summed E-state index contributed by atoms with van der Waals surface area (Å²) in [5, 5.41) is 26.3. The molecular weight excluding hydrogens is 430 g/mol. The summed E-state index contributed by atoms with van der Waals surface area (Å²) in [6.07, 6.45) is 2.52. The first-order valence-corrected chi connectivity index (χ1v) is 10.2. The summed E-state index contributed by atoms with van der Waals surface area (Å²) in [5.74, 6) is -3.60. The zero-order chi connectivity index (χ0) is 20.7. The van der Waals surface area contributed by atoms with Gasteiger partial charge in [-0.15, -0.1) is 0 Å². The number of hydrogen-bond acceptors (Lipinski definition) is 6. The number of hydrogen-bond donors (Lipinski definition) is 3. The van der Waals surface area contributed by atoms with Gasteiger partial charge in [-0.2, -0.15) is 0 Å². The third-order valence-corrected chi connectivity index (χ3v) is 5.83. The lowest BCUT2D eigenvalue weighted by atomic mass is 10.0. The van der Waals surface area contributed by atoms with Crippen molar-refractivity contribution < 1.29 is 29.8 Å². The topological polar surface area (TPSA) is 109 Å². The van der Waals surface area contributed by atoms with Crippen LogP contribution < -0.4 is 10.0 Å². The van der Waals surface area contributed by atoms with Gasteiger partial charge in [0.05, 0.1) is 20.1 Å². The third-order valence-electron chi connectivity index (χ3n) is 5.34. The SMILES string of the molecule is C[NH+]1CCN(C2CCN(Cc3cc(Br)ccc3O)CC2)CC1.O=C([O-])C(=O)O. The van der Waals surface area contributed by atoms with E-state index in [4.69, 9.17) is 19.8 Å². The summed E-state index contributed by atoms with van der Waals surface area (Å²) in [6, 6.07) is 6.46. The summed E-state index contributed by atoms with van der Waals surface area (Å²) < 4.78 is 1.04. The molecule has 0 amide bonds. The summed E-state index contributed by atoms with van der Waals surface area (Å²) in [4.78, 5) is 24.9. The van der Waals surface area contributed by atoms with E-state index in [0.717, 1.165) is 35.7 Å². The van der Waals surface area contributed by atoms with Gasteiger partial charge >= 0.3 is 5.97 Å². The smallest absolute Gasteiger partial charge is 0.351 e. The van der Waals surface area contributed by atoms with Crippen LogP contribution in [0, 0.1) is 0 Å². The fourth-order valence-corrected chi connectivity index (χ4v) is 4.04. The summed E-state index contributed by atoms with van der Waals surface area (Å²) in [6.45, 7) is 8.20. The molecule has 2 aliphatic heterocycles. The van der Waals surface area contributed by atoms with Crippen molar-refractivity contribution >= 4 is 27.9 Å². The first-order chi connectivity index (χ1) is 13.3. The molecule has 156 valence electrons. The second-order valence-corrected chi connectivity index (χ2v) is 8.28. The number of carbonyl (C=O) groups is 2. The molecule has 0 aromatic heterocycles. The number of phenols is 1. The van der Waals surface area contributed by atoms with Crippen LogP contribution in [0.4, 0.5) is 0 Å². The molecule has 0 atom stereocenters. The van der Waals surface area contributed by atoms with E-state index in [9.17, 15) is 5.11 Å². The first kappa shape index (κ1) is 22.6. The van der Waals surface area contributed by atoms with Crippen molar-refractivity contribution in [3.8, 4) is 5.75 Å². The number of likely N-dealkylation sites (tertiary alicyclic amines) is 1. The van der Waals surface area contributed by atoms with Crippen molar-refractivity contribution in [3.05, 3.63) is 28.2 Å². The van der Waals surface area contributed by atoms with E-state index >= 15 is 0 Å². The molecule has 9 heteroatoms. The van der Waals surface area contributed by atoms with Crippen LogP contribution >= 0.6 is 15.9 Å². The molecule has 2 heterocycles. The maximum Gasteiger partial charge on any atom is 0.351 e. The van der Waals surface area contributed by atoms with Crippen molar-refractivity contribution in [1.29, 1.82) is 0 Å². The van der Waals surface area contributed by atoms with Gasteiger partial charge in [-0.1, -0.05) is 15.9 Å². The Bertz CT molecular complexity index is 660. The molecule has 0 unspecified atom stereocenters. The van der Waals surface area contributed by atoms with Crippen LogP contribution in [0.2, 0.25) is 0 Å². The van der Waals surface area contributed by atoms with Crippen molar-refractivity contribution in [1.82, 2.24) is 9.80 Å². The molecule has 1 aromatic carbocycles. The van der Waals surface area contributed by atoms with Crippen LogP contribution in [0.3, 0.4) is 0 Å². The number of nitrogens with zero attached hydrogens (tertiary/aromatic N) is 2. The first-order valence-electron chi connectivity index (χ1n) is 9.45. The van der Waals surface area contributed by atoms with Crippen LogP contribution in [-0.4, -0.2) is 84.3 Å². The lowest BCUT2D eigenvalue weighted by Gasteiger charge is -2.40. The number of halogens is 1. The fourth-order valence-electron chi connectivity index (χ4n) is 3.64. The molecule has 1 aromatic rings. The maximum atomic E-state index is 9.99. The van der Waals surface area contributed by atoms with Crippen LogP contribution in [0.25, 0.3) is 0 Å². The number of nitrogens with one attached hydrogen (secondary N) is 1. The summed E-state index contributed by atoms with van der Waals surface area (Å²) in [7, 11) is 2.30. The van der Waals surface area contributed by atoms with Gasteiger partial charge in [-0.25, -0.2) is 4.79 Å². The summed E-state index contributed by atoms with van der Waals surface area (Å²) in [5.41, 5.74) is 1.02. The number of likely N-dealkylation sites (N-methyl/N-ethyl adjacent to an activating group) is 1. The molecule has 2 saturated heterocycles. The molecule has 28 heavy (non-hydrogen) atoms. The Labute approximate surface area is 173 Å². The number of piperidine rings is 1. The van der Waals surface area contributed by atoms with Gasteiger partial charge in [0, 0.05) is 35.7 Å². The number of carbonyl (C=O) groups excluding carboxylic acids is 1. The van der Waals surface area contributed by atoms with Gasteiger partial charge in [0.25, 0.3) is 0 Å². The third kappa shape index (κ3) is 7.05. The lowest BCUT2D eigenvalue weighted by molar-refractivity contribution is -0.884. The number of quaternary nitrogens is 1. The Kier molecular flexibility index (Phi) is 8.68. The van der Waals surface area contributed by atoms with Gasteiger partial charge in [0.1, 0.15) is 5.75 Å². The minimum absolute atomic E-state index is 0.410. The molecule has 2 fully saturated rings. The molecular formula is C19H28BrN3O5. The van der Waals surface area contributed by atoms with E-state index in [-0.39, 0.29) is 0 Å². The molecule has 3 N–H and O–H groups in total. The Balaban J connectivity index is 0.000000409. The largest absolute Gasteiger partial charge is 0.539 e. The Morgan fingerprint density at radius 2 is 1.79 bits per heavy atom. The van der Waals surface area contributed by atoms with Gasteiger partial charge in [-0.05, 0) is 44.1 Å². The van der Waals surface area contributed by atoms with E-state index in [0.29, 0.717) is 5.75 Å². The monoisotopic (exact) mass is 457 g/mol. The Hall–Kier alpha value is -1.68. The number of carboxylic acid groups (broad SMARTS) is 2. The number of rotatable bonds is 3. The normalized spacial score (nSPS) is 19.6. The number of aliphatic carboxylic acids is 2. The predicted octanol–water partition coefficient (Wildman–Crippen LogP) is -1.23. The molecule has 0 radical (unpaired) electrons. The van der Waals surface area contributed by atoms with E-state index in [2.05, 4.69) is 32.8 Å². The number of carboxylic acids is 2. The highest BCUT2D eigenvalue weighted by Crippen LogP contribution is 2.25. The van der Waals surface area contributed by atoms with E-state index in [1.165, 1.54) is 39.0 Å². The number of piperazine rings is 1. The van der Waals surface area contributed by atoms with Crippen molar-refractivity contribution in [3.63, 3.8) is 0 Å². The van der Waals surface area contributed by atoms with Crippen LogP contribution in [0.15, 0.2) is 22.7 Å². The molecule has 2 aliphatic rings. The Morgan fingerprint density at radius 3 is 2.32 bits per heavy atom. The molecule has 3 rings (SSSR count). The Morgan fingerprint density at radius 1 is 1.21 bits per heavy atom. The highest BCUT2D eigenvalue weighted by Gasteiger charge is 2.28. The number of benzene rings is 1.